The zero-order chi connectivity index (χ0) is 24.6. The molecule has 1 heterocycles. The van der Waals surface area contributed by atoms with Crippen LogP contribution in [-0.4, -0.2) is 23.7 Å². The second kappa shape index (κ2) is 9.27. The first-order chi connectivity index (χ1) is 16.9. The number of nitrogens with zero attached hydrogens (tertiary/aromatic N) is 2. The Morgan fingerprint density at radius 3 is 2.40 bits per heavy atom. The van der Waals surface area contributed by atoms with Gasteiger partial charge in [0.2, 0.25) is 0 Å². The van der Waals surface area contributed by atoms with Gasteiger partial charge in [-0.2, -0.15) is 0 Å². The summed E-state index contributed by atoms with van der Waals surface area (Å²) >= 11 is 6.02. The van der Waals surface area contributed by atoms with E-state index in [0.717, 1.165) is 40.5 Å². The molecule has 0 aromatic heterocycles. The second-order valence-electron chi connectivity index (χ2n) is 9.94. The van der Waals surface area contributed by atoms with Gasteiger partial charge in [-0.05, 0) is 66.0 Å². The van der Waals surface area contributed by atoms with Crippen LogP contribution in [0.3, 0.4) is 0 Å². The lowest BCUT2D eigenvalue weighted by atomic mass is 9.68. The Kier molecular flexibility index (Phi) is 6.15. The maximum Gasteiger partial charge on any atom is 0.178 e. The van der Waals surface area contributed by atoms with Crippen molar-refractivity contribution in [3.8, 4) is 5.75 Å². The molecule has 0 radical (unpaired) electrons. The fourth-order valence-electron chi connectivity index (χ4n) is 5.20. The van der Waals surface area contributed by atoms with E-state index in [1.165, 1.54) is 0 Å². The van der Waals surface area contributed by atoms with Crippen LogP contribution < -0.4 is 15.0 Å². The minimum Gasteiger partial charge on any atom is -0.497 e. The molecule has 3 aromatic carbocycles. The molecule has 5 nitrogen and oxygen atoms in total. The lowest BCUT2D eigenvalue weighted by Crippen LogP contribution is -2.48. The summed E-state index contributed by atoms with van der Waals surface area (Å²) in [7, 11) is 1.65. The van der Waals surface area contributed by atoms with Gasteiger partial charge in [-0.1, -0.05) is 56.3 Å². The number of hydrogen-bond donors (Lipinski definition) is 1. The van der Waals surface area contributed by atoms with Crippen molar-refractivity contribution < 1.29 is 9.53 Å². The molecular weight excluding hydrogens is 454 g/mol. The smallest absolute Gasteiger partial charge is 0.178 e. The topological polar surface area (TPSA) is 53.9 Å². The van der Waals surface area contributed by atoms with E-state index < -0.39 is 5.92 Å². The summed E-state index contributed by atoms with van der Waals surface area (Å²) in [6.07, 6.45) is 1.27. The van der Waals surface area contributed by atoms with E-state index >= 15 is 0 Å². The molecule has 0 amide bonds. The number of benzene rings is 3. The Morgan fingerprint density at radius 1 is 1.00 bits per heavy atom. The quantitative estimate of drug-likeness (QED) is 0.419. The number of Topliss-reactive ketones (excluding diaryl/α,β-unsaturated/α-hetero) is 1. The number of thiocarbonyl (C=S) groups is 1. The molecular formula is C29H29N3O2S. The maximum atomic E-state index is 13.8. The Labute approximate surface area is 211 Å². The Hall–Kier alpha value is -3.51. The minimum absolute atomic E-state index is 0.135. The van der Waals surface area contributed by atoms with Gasteiger partial charge < -0.3 is 15.0 Å². The number of para-hydroxylation sites is 3. The average Bonchev–Trinajstić information content (AvgIpc) is 2.98. The molecule has 2 atom stereocenters. The Morgan fingerprint density at radius 2 is 1.69 bits per heavy atom. The molecule has 3 aromatic rings. The van der Waals surface area contributed by atoms with Gasteiger partial charge in [0.1, 0.15) is 11.5 Å². The third kappa shape index (κ3) is 4.58. The molecule has 2 aliphatic rings. The molecule has 5 rings (SSSR count). The summed E-state index contributed by atoms with van der Waals surface area (Å²) in [5, 5.41) is 3.93. The summed E-state index contributed by atoms with van der Waals surface area (Å²) in [5.74, 6) is 0.560. The van der Waals surface area contributed by atoms with E-state index in [1.54, 1.807) is 7.11 Å². The van der Waals surface area contributed by atoms with Crippen LogP contribution in [0, 0.1) is 11.3 Å². The zero-order valence-corrected chi connectivity index (χ0v) is 21.0. The molecule has 1 saturated carbocycles. The van der Waals surface area contributed by atoms with Crippen molar-refractivity contribution in [2.75, 3.05) is 17.3 Å². The van der Waals surface area contributed by atoms with Gasteiger partial charge in [0.25, 0.3) is 0 Å². The monoisotopic (exact) mass is 483 g/mol. The number of anilines is 2. The fraction of sp³-hybridized carbons (Fsp3) is 0.276. The standard InChI is InChI=1S/C29H29N3O2S/c1-29(2)17-23-26(25(33)18-29)27(19-13-15-21(34-3)16-14-19)32(24-12-8-7-11-22(24)31-23)28(35)30-20-9-5-4-6-10-20/h4-16,26-27H,17-18H2,1-3H3,(H,30,35). The molecule has 178 valence electrons. The number of aliphatic imine (C=N–C) groups is 1. The van der Waals surface area contributed by atoms with Crippen molar-refractivity contribution in [3.05, 3.63) is 84.4 Å². The highest BCUT2D eigenvalue weighted by atomic mass is 32.1. The number of carbonyl (C=O) groups is 1. The summed E-state index contributed by atoms with van der Waals surface area (Å²) in [5.41, 5.74) is 4.38. The SMILES string of the molecule is COc1ccc(C2C3C(=O)CC(C)(C)CC3=Nc3ccccc3N2C(=S)Nc2ccccc2)cc1. The van der Waals surface area contributed by atoms with Crippen LogP contribution in [0.4, 0.5) is 17.1 Å². The summed E-state index contributed by atoms with van der Waals surface area (Å²) in [4.78, 5) is 21.0. The average molecular weight is 484 g/mol. The molecule has 0 saturated heterocycles. The van der Waals surface area contributed by atoms with Crippen molar-refractivity contribution in [2.45, 2.75) is 32.7 Å². The third-order valence-corrected chi connectivity index (χ3v) is 7.02. The molecule has 1 N–H and O–H groups in total. The lowest BCUT2D eigenvalue weighted by molar-refractivity contribution is -0.124. The highest BCUT2D eigenvalue weighted by Crippen LogP contribution is 2.48. The third-order valence-electron chi connectivity index (χ3n) is 6.72. The lowest BCUT2D eigenvalue weighted by Gasteiger charge is -2.41. The van der Waals surface area contributed by atoms with Gasteiger partial charge in [-0.3, -0.25) is 9.79 Å². The number of hydrogen-bond acceptors (Lipinski definition) is 4. The van der Waals surface area contributed by atoms with E-state index in [2.05, 4.69) is 24.1 Å². The van der Waals surface area contributed by atoms with E-state index in [-0.39, 0.29) is 17.2 Å². The highest BCUT2D eigenvalue weighted by molar-refractivity contribution is 7.80. The maximum absolute atomic E-state index is 13.8. The van der Waals surface area contributed by atoms with Crippen LogP contribution >= 0.6 is 12.2 Å². The van der Waals surface area contributed by atoms with Gasteiger partial charge in [-0.15, -0.1) is 0 Å². The van der Waals surface area contributed by atoms with Crippen molar-refractivity contribution in [1.29, 1.82) is 0 Å². The van der Waals surface area contributed by atoms with Crippen molar-refractivity contribution in [3.63, 3.8) is 0 Å². The normalized spacial score (nSPS) is 20.7. The molecule has 1 aliphatic heterocycles. The van der Waals surface area contributed by atoms with Gasteiger partial charge in [0, 0.05) is 17.8 Å². The predicted octanol–water partition coefficient (Wildman–Crippen LogP) is 6.73. The van der Waals surface area contributed by atoms with Gasteiger partial charge in [0.15, 0.2) is 5.11 Å². The van der Waals surface area contributed by atoms with E-state index in [1.807, 2.05) is 78.9 Å². The first kappa shape index (κ1) is 23.2. The molecule has 35 heavy (non-hydrogen) atoms. The molecule has 0 bridgehead atoms. The largest absolute Gasteiger partial charge is 0.497 e. The van der Waals surface area contributed by atoms with E-state index in [9.17, 15) is 4.79 Å². The Bertz CT molecular complexity index is 1280. The number of carbonyl (C=O) groups excluding carboxylic acids is 1. The van der Waals surface area contributed by atoms with Crippen LogP contribution in [0.25, 0.3) is 0 Å². The number of rotatable bonds is 3. The fourth-order valence-corrected chi connectivity index (χ4v) is 5.53. The van der Waals surface area contributed by atoms with Crippen LogP contribution in [0.5, 0.6) is 5.75 Å². The number of nitrogens with one attached hydrogen (secondary N) is 1. The number of methoxy groups -OCH3 is 1. The summed E-state index contributed by atoms with van der Waals surface area (Å²) < 4.78 is 5.40. The molecule has 6 heteroatoms. The van der Waals surface area contributed by atoms with Crippen molar-refractivity contribution in [2.24, 2.45) is 16.3 Å². The van der Waals surface area contributed by atoms with Crippen molar-refractivity contribution in [1.82, 2.24) is 0 Å². The van der Waals surface area contributed by atoms with Crippen molar-refractivity contribution >= 4 is 45.9 Å². The molecule has 0 spiro atoms. The molecule has 1 fully saturated rings. The molecule has 2 unspecified atom stereocenters. The van der Waals surface area contributed by atoms with Crippen LogP contribution in [-0.2, 0) is 4.79 Å². The van der Waals surface area contributed by atoms with Gasteiger partial charge >= 0.3 is 0 Å². The number of fused-ring (bicyclic) bond motifs is 2. The predicted molar refractivity (Wildman–Crippen MR) is 146 cm³/mol. The minimum atomic E-state index is -0.403. The van der Waals surface area contributed by atoms with Gasteiger partial charge in [0.05, 0.1) is 30.4 Å². The van der Waals surface area contributed by atoms with Crippen LogP contribution in [0.2, 0.25) is 0 Å². The summed E-state index contributed by atoms with van der Waals surface area (Å²) in [6, 6.07) is 25.5. The van der Waals surface area contributed by atoms with E-state index in [4.69, 9.17) is 21.9 Å². The Balaban J connectivity index is 1.69. The first-order valence-corrected chi connectivity index (χ1v) is 12.3. The zero-order valence-electron chi connectivity index (χ0n) is 20.2. The first-order valence-electron chi connectivity index (χ1n) is 11.8. The highest BCUT2D eigenvalue weighted by Gasteiger charge is 2.47. The number of ketones is 1. The number of ether oxygens (including phenoxy) is 1. The molecule has 1 aliphatic carbocycles. The van der Waals surface area contributed by atoms with Crippen LogP contribution in [0.15, 0.2) is 83.9 Å². The van der Waals surface area contributed by atoms with Crippen LogP contribution in [0.1, 0.15) is 38.3 Å². The van der Waals surface area contributed by atoms with E-state index in [0.29, 0.717) is 11.5 Å². The second-order valence-corrected chi connectivity index (χ2v) is 10.3. The summed E-state index contributed by atoms with van der Waals surface area (Å²) in [6.45, 7) is 4.28. The van der Waals surface area contributed by atoms with Gasteiger partial charge in [-0.25, -0.2) is 0 Å².